The SMILES string of the molecule is CNc1ccc(-c2ccc(C(=O)C(N)=O)cc2)cc1C(C)=N. The van der Waals surface area contributed by atoms with E-state index in [4.69, 9.17) is 11.1 Å². The van der Waals surface area contributed by atoms with Crippen molar-refractivity contribution in [3.8, 4) is 11.1 Å². The number of nitrogens with one attached hydrogen (secondary N) is 2. The first-order valence-electron chi connectivity index (χ1n) is 6.76. The minimum Gasteiger partial charge on any atom is -0.388 e. The van der Waals surface area contributed by atoms with Crippen molar-refractivity contribution in [1.82, 2.24) is 0 Å². The van der Waals surface area contributed by atoms with Crippen molar-refractivity contribution in [3.05, 3.63) is 53.6 Å². The van der Waals surface area contributed by atoms with Crippen LogP contribution in [0.1, 0.15) is 22.8 Å². The highest BCUT2D eigenvalue weighted by Gasteiger charge is 2.12. The fourth-order valence-corrected chi connectivity index (χ4v) is 2.21. The van der Waals surface area contributed by atoms with Gasteiger partial charge in [0.15, 0.2) is 0 Å². The van der Waals surface area contributed by atoms with E-state index in [2.05, 4.69) is 5.32 Å². The number of benzene rings is 2. The molecule has 0 saturated heterocycles. The molecule has 5 nitrogen and oxygen atoms in total. The van der Waals surface area contributed by atoms with Gasteiger partial charge < -0.3 is 16.5 Å². The molecule has 4 N–H and O–H groups in total. The minimum atomic E-state index is -0.965. The lowest BCUT2D eigenvalue weighted by atomic mass is 9.98. The van der Waals surface area contributed by atoms with Crippen LogP contribution in [0, 0.1) is 5.41 Å². The normalized spacial score (nSPS) is 10.1. The van der Waals surface area contributed by atoms with Gasteiger partial charge in [0.2, 0.25) is 5.78 Å². The second-order valence-electron chi connectivity index (χ2n) is 4.91. The molecule has 0 radical (unpaired) electrons. The summed E-state index contributed by atoms with van der Waals surface area (Å²) in [6.07, 6.45) is 0. The molecule has 112 valence electrons. The number of hydrogen-bond donors (Lipinski definition) is 3. The molecule has 0 atom stereocenters. The molecular weight excluding hydrogens is 278 g/mol. The van der Waals surface area contributed by atoms with Gasteiger partial charge in [-0.15, -0.1) is 0 Å². The average Bonchev–Trinajstić information content (AvgIpc) is 2.53. The summed E-state index contributed by atoms with van der Waals surface area (Å²) in [5.41, 5.74) is 9.24. The van der Waals surface area contributed by atoms with Crippen LogP contribution in [-0.2, 0) is 4.79 Å². The topological polar surface area (TPSA) is 96.0 Å². The molecule has 1 amide bonds. The Hall–Kier alpha value is -2.95. The number of primary amides is 1. The first-order chi connectivity index (χ1) is 10.4. The van der Waals surface area contributed by atoms with Gasteiger partial charge in [0.05, 0.1) is 0 Å². The van der Waals surface area contributed by atoms with E-state index in [0.29, 0.717) is 5.71 Å². The highest BCUT2D eigenvalue weighted by Crippen LogP contribution is 2.26. The van der Waals surface area contributed by atoms with Crippen molar-refractivity contribution < 1.29 is 9.59 Å². The third kappa shape index (κ3) is 3.03. The molecule has 0 aliphatic heterocycles. The molecule has 2 aromatic rings. The van der Waals surface area contributed by atoms with Gasteiger partial charge in [-0.1, -0.05) is 30.3 Å². The van der Waals surface area contributed by atoms with Crippen molar-refractivity contribution in [2.24, 2.45) is 5.73 Å². The molecule has 2 rings (SSSR count). The van der Waals surface area contributed by atoms with Crippen LogP contribution >= 0.6 is 0 Å². The molecule has 0 bridgehead atoms. The maximum atomic E-state index is 11.5. The molecule has 0 saturated carbocycles. The van der Waals surface area contributed by atoms with Gasteiger partial charge in [-0.05, 0) is 30.2 Å². The van der Waals surface area contributed by atoms with Gasteiger partial charge in [0, 0.05) is 29.6 Å². The van der Waals surface area contributed by atoms with Gasteiger partial charge in [0.25, 0.3) is 5.91 Å². The number of carbonyl (C=O) groups is 2. The van der Waals surface area contributed by atoms with Gasteiger partial charge in [-0.25, -0.2) is 0 Å². The lowest BCUT2D eigenvalue weighted by Crippen LogP contribution is -2.22. The van der Waals surface area contributed by atoms with Crippen LogP contribution in [0.3, 0.4) is 0 Å². The van der Waals surface area contributed by atoms with E-state index < -0.39 is 11.7 Å². The third-order valence-electron chi connectivity index (χ3n) is 3.40. The lowest BCUT2D eigenvalue weighted by Gasteiger charge is -2.11. The highest BCUT2D eigenvalue weighted by molar-refractivity contribution is 6.42. The largest absolute Gasteiger partial charge is 0.388 e. The Morgan fingerprint density at radius 3 is 2.14 bits per heavy atom. The lowest BCUT2D eigenvalue weighted by molar-refractivity contribution is -0.114. The predicted molar refractivity (Wildman–Crippen MR) is 87.5 cm³/mol. The molecule has 0 aliphatic carbocycles. The number of amides is 1. The van der Waals surface area contributed by atoms with Crippen molar-refractivity contribution in [3.63, 3.8) is 0 Å². The molecule has 0 aliphatic rings. The first kappa shape index (κ1) is 15.4. The van der Waals surface area contributed by atoms with Gasteiger partial charge >= 0.3 is 0 Å². The summed E-state index contributed by atoms with van der Waals surface area (Å²) in [7, 11) is 1.81. The number of Topliss-reactive ketones (excluding diaryl/α,β-unsaturated/α-hetero) is 1. The van der Waals surface area contributed by atoms with Crippen LogP contribution < -0.4 is 11.1 Å². The van der Waals surface area contributed by atoms with Crippen LogP contribution in [0.15, 0.2) is 42.5 Å². The summed E-state index contributed by atoms with van der Waals surface area (Å²) in [4.78, 5) is 22.4. The van der Waals surface area contributed by atoms with Gasteiger partial charge in [-0.3, -0.25) is 9.59 Å². The van der Waals surface area contributed by atoms with Crippen molar-refractivity contribution in [2.45, 2.75) is 6.92 Å². The fraction of sp³-hybridized carbons (Fsp3) is 0.118. The van der Waals surface area contributed by atoms with Gasteiger partial charge in [0.1, 0.15) is 0 Å². The maximum Gasteiger partial charge on any atom is 0.289 e. The van der Waals surface area contributed by atoms with E-state index in [0.717, 1.165) is 22.4 Å². The van der Waals surface area contributed by atoms with E-state index in [9.17, 15) is 9.59 Å². The zero-order valence-corrected chi connectivity index (χ0v) is 12.4. The zero-order chi connectivity index (χ0) is 16.3. The zero-order valence-electron chi connectivity index (χ0n) is 12.4. The number of hydrogen-bond acceptors (Lipinski definition) is 4. The summed E-state index contributed by atoms with van der Waals surface area (Å²) >= 11 is 0. The van der Waals surface area contributed by atoms with E-state index in [1.54, 1.807) is 31.2 Å². The maximum absolute atomic E-state index is 11.5. The summed E-state index contributed by atoms with van der Waals surface area (Å²) in [6.45, 7) is 1.73. The van der Waals surface area contributed by atoms with Crippen molar-refractivity contribution in [1.29, 1.82) is 5.41 Å². The third-order valence-corrected chi connectivity index (χ3v) is 3.40. The molecule has 0 fully saturated rings. The predicted octanol–water partition coefficient (Wildman–Crippen LogP) is 2.45. The Morgan fingerprint density at radius 2 is 1.64 bits per heavy atom. The van der Waals surface area contributed by atoms with Crippen molar-refractivity contribution in [2.75, 3.05) is 12.4 Å². The van der Waals surface area contributed by atoms with Crippen LogP contribution in [0.25, 0.3) is 11.1 Å². The molecular formula is C17H17N3O2. The van der Waals surface area contributed by atoms with Crippen LogP contribution in [0.2, 0.25) is 0 Å². The second kappa shape index (κ2) is 6.22. The summed E-state index contributed by atoms with van der Waals surface area (Å²) in [5, 5.41) is 10.9. The van der Waals surface area contributed by atoms with E-state index >= 15 is 0 Å². The van der Waals surface area contributed by atoms with Crippen LogP contribution in [0.4, 0.5) is 5.69 Å². The number of ketones is 1. The molecule has 5 heteroatoms. The molecule has 0 aromatic heterocycles. The Kier molecular flexibility index (Phi) is 4.36. The second-order valence-corrected chi connectivity index (χ2v) is 4.91. The quantitative estimate of drug-likeness (QED) is 0.449. The molecule has 22 heavy (non-hydrogen) atoms. The number of nitrogens with two attached hydrogens (primary N) is 1. The van der Waals surface area contributed by atoms with Crippen molar-refractivity contribution >= 4 is 23.1 Å². The first-order valence-corrected chi connectivity index (χ1v) is 6.76. The average molecular weight is 295 g/mol. The van der Waals surface area contributed by atoms with Crippen LogP contribution in [-0.4, -0.2) is 24.4 Å². The number of rotatable bonds is 5. The number of anilines is 1. The van der Waals surface area contributed by atoms with E-state index in [1.165, 1.54) is 0 Å². The molecule has 0 heterocycles. The fourth-order valence-electron chi connectivity index (χ4n) is 2.21. The van der Waals surface area contributed by atoms with Gasteiger partial charge in [-0.2, -0.15) is 0 Å². The summed E-state index contributed by atoms with van der Waals surface area (Å²) in [6, 6.07) is 12.4. The Bertz CT molecular complexity index is 749. The Balaban J connectivity index is 2.40. The standard InChI is InChI=1S/C17H17N3O2/c1-10(18)14-9-13(7-8-15(14)20-2)11-3-5-12(6-4-11)16(21)17(19)22/h3-9,18,20H,1-2H3,(H2,19,22). The number of carbonyl (C=O) groups excluding carboxylic acids is 2. The highest BCUT2D eigenvalue weighted by atomic mass is 16.2. The smallest absolute Gasteiger partial charge is 0.289 e. The molecule has 2 aromatic carbocycles. The summed E-state index contributed by atoms with van der Waals surface area (Å²) in [5.74, 6) is -1.67. The van der Waals surface area contributed by atoms with Crippen LogP contribution in [0.5, 0.6) is 0 Å². The van der Waals surface area contributed by atoms with E-state index in [-0.39, 0.29) is 5.56 Å². The van der Waals surface area contributed by atoms with E-state index in [1.807, 2.05) is 25.2 Å². The Morgan fingerprint density at radius 1 is 1.05 bits per heavy atom. The Labute approximate surface area is 128 Å². The minimum absolute atomic E-state index is 0.270. The molecule has 0 spiro atoms. The monoisotopic (exact) mass is 295 g/mol. The molecule has 0 unspecified atom stereocenters. The summed E-state index contributed by atoms with van der Waals surface area (Å²) < 4.78 is 0.